The zero-order chi connectivity index (χ0) is 10.1. The summed E-state index contributed by atoms with van der Waals surface area (Å²) in [6.45, 7) is 2.07. The van der Waals surface area contributed by atoms with Gasteiger partial charge in [0.05, 0.1) is 5.56 Å². The Balaban J connectivity index is 2.78. The third-order valence-corrected chi connectivity index (χ3v) is 3.28. The summed E-state index contributed by atoms with van der Waals surface area (Å²) in [5, 5.41) is 11.8. The Morgan fingerprint density at radius 3 is 2.93 bits per heavy atom. The number of thiophene rings is 1. The highest BCUT2D eigenvalue weighted by Gasteiger charge is 2.06. The third kappa shape index (κ3) is 1.24. The third-order valence-electron chi connectivity index (χ3n) is 2.34. The molecule has 0 aliphatic carbocycles. The van der Waals surface area contributed by atoms with E-state index in [2.05, 4.69) is 13.0 Å². The van der Waals surface area contributed by atoms with Crippen molar-refractivity contribution in [1.82, 2.24) is 0 Å². The van der Waals surface area contributed by atoms with Crippen LogP contribution in [0.1, 0.15) is 18.1 Å². The molecule has 0 spiro atoms. The molecule has 0 saturated carbocycles. The number of nitrogens with zero attached hydrogens (tertiary/aromatic N) is 1. The van der Waals surface area contributed by atoms with Crippen molar-refractivity contribution in [3.63, 3.8) is 0 Å². The van der Waals surface area contributed by atoms with Crippen LogP contribution in [0.5, 0.6) is 0 Å². The summed E-state index contributed by atoms with van der Waals surface area (Å²) >= 11 is 1.57. The van der Waals surface area contributed by atoms with E-state index >= 15 is 0 Å². The summed E-state index contributed by atoms with van der Waals surface area (Å²) in [5.74, 6) is 0. The second kappa shape index (κ2) is 3.32. The van der Waals surface area contributed by atoms with Crippen LogP contribution in [0.15, 0.2) is 17.5 Å². The molecule has 0 saturated heterocycles. The number of benzene rings is 1. The van der Waals surface area contributed by atoms with Gasteiger partial charge in [-0.25, -0.2) is 0 Å². The highest BCUT2D eigenvalue weighted by molar-refractivity contribution is 7.17. The van der Waals surface area contributed by atoms with E-state index in [-0.39, 0.29) is 0 Å². The van der Waals surface area contributed by atoms with Gasteiger partial charge in [-0.15, -0.1) is 11.3 Å². The van der Waals surface area contributed by atoms with Crippen LogP contribution in [-0.2, 0) is 6.42 Å². The molecule has 0 bridgehead atoms. The van der Waals surface area contributed by atoms with E-state index in [4.69, 9.17) is 11.0 Å². The molecular weight excluding hydrogens is 192 g/mol. The smallest absolute Gasteiger partial charge is 0.101 e. The molecule has 0 atom stereocenters. The van der Waals surface area contributed by atoms with E-state index in [1.807, 2.05) is 17.5 Å². The Labute approximate surface area is 86.6 Å². The van der Waals surface area contributed by atoms with Gasteiger partial charge >= 0.3 is 0 Å². The van der Waals surface area contributed by atoms with Gasteiger partial charge in [-0.1, -0.05) is 6.92 Å². The molecule has 1 heterocycles. The van der Waals surface area contributed by atoms with Crippen LogP contribution >= 0.6 is 11.3 Å². The van der Waals surface area contributed by atoms with Crippen LogP contribution in [0.3, 0.4) is 0 Å². The highest BCUT2D eigenvalue weighted by atomic mass is 32.1. The fourth-order valence-electron chi connectivity index (χ4n) is 1.53. The largest absolute Gasteiger partial charge is 0.398 e. The van der Waals surface area contributed by atoms with Gasteiger partial charge in [-0.2, -0.15) is 5.26 Å². The molecule has 3 heteroatoms. The molecule has 0 aliphatic heterocycles. The molecule has 1 aromatic heterocycles. The van der Waals surface area contributed by atoms with Gasteiger partial charge in [-0.3, -0.25) is 0 Å². The van der Waals surface area contributed by atoms with Crippen LogP contribution in [0.2, 0.25) is 0 Å². The normalized spacial score (nSPS) is 10.3. The van der Waals surface area contributed by atoms with Crippen molar-refractivity contribution in [3.8, 4) is 6.07 Å². The summed E-state index contributed by atoms with van der Waals surface area (Å²) in [4.78, 5) is 0. The number of nitriles is 1. The molecule has 2 N–H and O–H groups in total. The van der Waals surface area contributed by atoms with Crippen molar-refractivity contribution in [3.05, 3.63) is 28.6 Å². The van der Waals surface area contributed by atoms with Crippen molar-refractivity contribution in [2.24, 2.45) is 0 Å². The lowest BCUT2D eigenvalue weighted by atomic mass is 10.1. The van der Waals surface area contributed by atoms with E-state index < -0.39 is 0 Å². The first-order valence-corrected chi connectivity index (χ1v) is 5.34. The number of rotatable bonds is 1. The summed E-state index contributed by atoms with van der Waals surface area (Å²) < 4.78 is 1.09. The molecule has 0 aliphatic rings. The minimum absolute atomic E-state index is 0.750. The van der Waals surface area contributed by atoms with Crippen LogP contribution in [0, 0.1) is 11.3 Å². The van der Waals surface area contributed by atoms with E-state index in [1.165, 1.54) is 0 Å². The van der Waals surface area contributed by atoms with Gasteiger partial charge in [0.15, 0.2) is 0 Å². The number of anilines is 1. The van der Waals surface area contributed by atoms with Crippen molar-refractivity contribution in [2.75, 3.05) is 5.73 Å². The van der Waals surface area contributed by atoms with Gasteiger partial charge in [0, 0.05) is 21.2 Å². The molecule has 2 rings (SSSR count). The number of aryl methyl sites for hydroxylation is 1. The first-order valence-electron chi connectivity index (χ1n) is 4.46. The predicted octanol–water partition coefficient (Wildman–Crippen LogP) is 2.92. The van der Waals surface area contributed by atoms with Crippen LogP contribution in [0.25, 0.3) is 10.1 Å². The summed E-state index contributed by atoms with van der Waals surface area (Å²) in [6.07, 6.45) is 0.905. The molecule has 2 nitrogen and oxygen atoms in total. The lowest BCUT2D eigenvalue weighted by molar-refractivity contribution is 1.15. The molecule has 1 aromatic carbocycles. The van der Waals surface area contributed by atoms with E-state index in [9.17, 15) is 0 Å². The molecule has 0 fully saturated rings. The second-order valence-electron chi connectivity index (χ2n) is 3.16. The first kappa shape index (κ1) is 9.04. The van der Waals surface area contributed by atoms with Crippen molar-refractivity contribution < 1.29 is 0 Å². The van der Waals surface area contributed by atoms with Gasteiger partial charge in [-0.05, 0) is 24.1 Å². The molecule has 70 valence electrons. The SMILES string of the molecule is CCc1cc2c(C#N)csc2cc1N. The predicted molar refractivity (Wildman–Crippen MR) is 60.3 cm³/mol. The standard InChI is InChI=1S/C11H10N2S/c1-2-7-3-9-8(5-12)6-14-11(9)4-10(7)13/h3-4,6H,2,13H2,1H3. The minimum Gasteiger partial charge on any atom is -0.398 e. The van der Waals surface area contributed by atoms with E-state index in [1.54, 1.807) is 11.3 Å². The maximum atomic E-state index is 8.88. The van der Waals surface area contributed by atoms with Gasteiger partial charge in [0.1, 0.15) is 6.07 Å². The van der Waals surface area contributed by atoms with Crippen LogP contribution in [-0.4, -0.2) is 0 Å². The van der Waals surface area contributed by atoms with Crippen LogP contribution in [0.4, 0.5) is 5.69 Å². The lowest BCUT2D eigenvalue weighted by Crippen LogP contribution is -1.91. The number of hydrogen-bond acceptors (Lipinski definition) is 3. The average molecular weight is 202 g/mol. The van der Waals surface area contributed by atoms with Crippen molar-refractivity contribution in [2.45, 2.75) is 13.3 Å². The minimum atomic E-state index is 0.750. The molecule has 14 heavy (non-hydrogen) atoms. The topological polar surface area (TPSA) is 49.8 Å². The monoisotopic (exact) mass is 202 g/mol. The van der Waals surface area contributed by atoms with Crippen molar-refractivity contribution in [1.29, 1.82) is 5.26 Å². The van der Waals surface area contributed by atoms with Gasteiger partial charge in [0.25, 0.3) is 0 Å². The Bertz CT molecular complexity index is 520. The summed E-state index contributed by atoms with van der Waals surface area (Å²) in [7, 11) is 0. The number of nitrogens with two attached hydrogens (primary N) is 1. The van der Waals surface area contributed by atoms with Crippen LogP contribution < -0.4 is 5.73 Å². The average Bonchev–Trinajstić information content (AvgIpc) is 2.58. The molecule has 0 unspecified atom stereocenters. The zero-order valence-corrected chi connectivity index (χ0v) is 8.69. The molecule has 2 aromatic rings. The molecule has 0 radical (unpaired) electrons. The fourth-order valence-corrected chi connectivity index (χ4v) is 2.44. The maximum Gasteiger partial charge on any atom is 0.101 e. The van der Waals surface area contributed by atoms with Gasteiger partial charge in [0.2, 0.25) is 0 Å². The molecular formula is C11H10N2S. The quantitative estimate of drug-likeness (QED) is 0.723. The van der Waals surface area contributed by atoms with Crippen molar-refractivity contribution >= 4 is 27.1 Å². The molecule has 0 amide bonds. The summed E-state index contributed by atoms with van der Waals surface area (Å²) in [6, 6.07) is 6.18. The lowest BCUT2D eigenvalue weighted by Gasteiger charge is -2.02. The van der Waals surface area contributed by atoms with Gasteiger partial charge < -0.3 is 5.73 Å². The highest BCUT2D eigenvalue weighted by Crippen LogP contribution is 2.29. The van der Waals surface area contributed by atoms with E-state index in [0.29, 0.717) is 0 Å². The number of nitrogen functional groups attached to an aromatic ring is 1. The Hall–Kier alpha value is -1.53. The summed E-state index contributed by atoms with van der Waals surface area (Å²) in [5.41, 5.74) is 8.56. The zero-order valence-electron chi connectivity index (χ0n) is 7.87. The Morgan fingerprint density at radius 1 is 1.50 bits per heavy atom. The maximum absolute atomic E-state index is 8.88. The van der Waals surface area contributed by atoms with E-state index in [0.717, 1.165) is 33.3 Å². The Kier molecular flexibility index (Phi) is 2.14. The fraction of sp³-hybridized carbons (Fsp3) is 0.182. The second-order valence-corrected chi connectivity index (χ2v) is 4.07. The Morgan fingerprint density at radius 2 is 2.29 bits per heavy atom. The number of hydrogen-bond donors (Lipinski definition) is 1. The number of fused-ring (bicyclic) bond motifs is 1. The first-order chi connectivity index (χ1) is 6.76.